The quantitative estimate of drug-likeness (QED) is 0.596. The Balaban J connectivity index is 2.38. The van der Waals surface area contributed by atoms with E-state index in [1.54, 1.807) is 0 Å². The van der Waals surface area contributed by atoms with Crippen molar-refractivity contribution in [3.63, 3.8) is 0 Å². The van der Waals surface area contributed by atoms with Gasteiger partial charge in [-0.3, -0.25) is 10.1 Å². The fourth-order valence-corrected chi connectivity index (χ4v) is 3.80. The molecule has 0 heterocycles. The molecule has 0 spiro atoms. The van der Waals surface area contributed by atoms with Gasteiger partial charge in [-0.25, -0.2) is 8.42 Å². The Morgan fingerprint density at radius 2 is 2.10 bits per heavy atom. The molecule has 6 nitrogen and oxygen atoms in total. The molecular weight excluding hydrogens is 287 g/mol. The van der Waals surface area contributed by atoms with Crippen LogP contribution >= 0.6 is 0 Å². The molecule has 1 aromatic rings. The number of hydrogen-bond acceptors (Lipinski definition) is 4. The van der Waals surface area contributed by atoms with Gasteiger partial charge < -0.3 is 0 Å². The Morgan fingerprint density at radius 1 is 1.45 bits per heavy atom. The van der Waals surface area contributed by atoms with E-state index >= 15 is 0 Å². The lowest BCUT2D eigenvalue weighted by atomic mass is 10.3. The molecule has 1 saturated carbocycles. The van der Waals surface area contributed by atoms with Gasteiger partial charge in [0.25, 0.3) is 0 Å². The summed E-state index contributed by atoms with van der Waals surface area (Å²) >= 11 is 0. The predicted octanol–water partition coefficient (Wildman–Crippen LogP) is 2.30. The maximum atomic E-state index is 13.6. The molecule has 2 rings (SSSR count). The molecular formula is C12H15FN2O4S. The molecule has 110 valence electrons. The molecule has 1 aliphatic rings. The minimum atomic E-state index is -3.79. The van der Waals surface area contributed by atoms with Crippen LogP contribution in [0.2, 0.25) is 0 Å². The largest absolute Gasteiger partial charge is 0.304 e. The summed E-state index contributed by atoms with van der Waals surface area (Å²) in [5.74, 6) is -1.14. The van der Waals surface area contributed by atoms with Crippen LogP contribution in [-0.2, 0) is 10.0 Å². The van der Waals surface area contributed by atoms with Gasteiger partial charge in [-0.2, -0.15) is 8.70 Å². The monoisotopic (exact) mass is 302 g/mol. The molecule has 1 aliphatic carbocycles. The minimum absolute atomic E-state index is 0.0294. The molecule has 0 N–H and O–H groups in total. The lowest BCUT2D eigenvalue weighted by molar-refractivity contribution is -0.387. The normalized spacial score (nSPS) is 15.6. The second-order valence-corrected chi connectivity index (χ2v) is 6.61. The Kier molecular flexibility index (Phi) is 4.05. The first-order valence-corrected chi connectivity index (χ1v) is 7.77. The van der Waals surface area contributed by atoms with Crippen molar-refractivity contribution in [3.8, 4) is 0 Å². The van der Waals surface area contributed by atoms with Gasteiger partial charge in [0, 0.05) is 24.7 Å². The van der Waals surface area contributed by atoms with E-state index in [1.165, 1.54) is 4.31 Å². The summed E-state index contributed by atoms with van der Waals surface area (Å²) in [7, 11) is -3.79. The summed E-state index contributed by atoms with van der Waals surface area (Å²) < 4.78 is 39.8. The van der Waals surface area contributed by atoms with Crippen molar-refractivity contribution in [2.75, 3.05) is 6.54 Å². The third-order valence-electron chi connectivity index (χ3n) is 3.12. The van der Waals surface area contributed by atoms with Gasteiger partial charge in [-0.15, -0.1) is 0 Å². The van der Waals surface area contributed by atoms with E-state index in [-0.39, 0.29) is 10.9 Å². The zero-order valence-electron chi connectivity index (χ0n) is 11.0. The van der Waals surface area contributed by atoms with Gasteiger partial charge in [-0.05, 0) is 25.3 Å². The minimum Gasteiger partial charge on any atom is -0.258 e. The highest BCUT2D eigenvalue weighted by molar-refractivity contribution is 7.89. The topological polar surface area (TPSA) is 80.5 Å². The number of hydrogen-bond donors (Lipinski definition) is 0. The van der Waals surface area contributed by atoms with Crippen molar-refractivity contribution in [1.82, 2.24) is 4.31 Å². The molecule has 8 heteroatoms. The lowest BCUT2D eigenvalue weighted by Crippen LogP contribution is -2.33. The van der Waals surface area contributed by atoms with E-state index in [0.717, 1.165) is 31.0 Å². The van der Waals surface area contributed by atoms with E-state index in [1.807, 2.05) is 6.92 Å². The lowest BCUT2D eigenvalue weighted by Gasteiger charge is -2.21. The first kappa shape index (κ1) is 14.9. The van der Waals surface area contributed by atoms with Crippen LogP contribution in [0.3, 0.4) is 0 Å². The van der Waals surface area contributed by atoms with Gasteiger partial charge in [0.15, 0.2) is 0 Å². The van der Waals surface area contributed by atoms with E-state index in [9.17, 15) is 22.9 Å². The number of sulfonamides is 1. The van der Waals surface area contributed by atoms with E-state index in [4.69, 9.17) is 0 Å². The van der Waals surface area contributed by atoms with Crippen molar-refractivity contribution in [3.05, 3.63) is 34.1 Å². The second-order valence-electron chi connectivity index (χ2n) is 4.72. The summed E-state index contributed by atoms with van der Waals surface area (Å²) in [4.78, 5) is 9.43. The molecule has 0 radical (unpaired) electrons. The number of nitro benzene ring substituents is 1. The first-order chi connectivity index (χ1) is 9.37. The van der Waals surface area contributed by atoms with Gasteiger partial charge in [0.2, 0.25) is 15.8 Å². The molecule has 0 atom stereocenters. The maximum Gasteiger partial charge on any atom is 0.304 e. The molecule has 20 heavy (non-hydrogen) atoms. The number of nitro groups is 1. The molecule has 0 bridgehead atoms. The molecule has 0 saturated heterocycles. The van der Waals surface area contributed by atoms with Gasteiger partial charge in [0.05, 0.1) is 9.82 Å². The average Bonchev–Trinajstić information content (AvgIpc) is 3.19. The fourth-order valence-electron chi connectivity index (χ4n) is 2.01. The number of halogens is 1. The molecule has 0 aromatic heterocycles. The smallest absolute Gasteiger partial charge is 0.258 e. The Labute approximate surface area is 116 Å². The van der Waals surface area contributed by atoms with Crippen LogP contribution in [-0.4, -0.2) is 30.2 Å². The van der Waals surface area contributed by atoms with E-state index < -0.39 is 26.5 Å². The molecule has 1 aromatic carbocycles. The molecule has 0 unspecified atom stereocenters. The zero-order valence-corrected chi connectivity index (χ0v) is 11.8. The summed E-state index contributed by atoms with van der Waals surface area (Å²) in [5.41, 5.74) is -0.725. The highest BCUT2D eigenvalue weighted by atomic mass is 32.2. The number of rotatable bonds is 6. The Morgan fingerprint density at radius 3 is 2.55 bits per heavy atom. The molecule has 1 fully saturated rings. The summed E-state index contributed by atoms with van der Waals surface area (Å²) in [6.45, 7) is 2.23. The standard InChI is InChI=1S/C12H15FN2O4S/c1-2-7-14(9-3-4-9)20(18,19)10-5-6-12(15(16)17)11(13)8-10/h5-6,8-9H,2-4,7H2,1H3. The van der Waals surface area contributed by atoms with Crippen molar-refractivity contribution in [2.24, 2.45) is 0 Å². The van der Waals surface area contributed by atoms with Crippen LogP contribution in [0, 0.1) is 15.9 Å². The summed E-state index contributed by atoms with van der Waals surface area (Å²) in [5, 5.41) is 10.5. The molecule has 0 amide bonds. The number of benzene rings is 1. The van der Waals surface area contributed by atoms with Gasteiger partial charge >= 0.3 is 5.69 Å². The van der Waals surface area contributed by atoms with Crippen LogP contribution in [0.25, 0.3) is 0 Å². The third kappa shape index (κ3) is 2.80. The summed E-state index contributed by atoms with van der Waals surface area (Å²) in [6.07, 6.45) is 2.26. The van der Waals surface area contributed by atoms with E-state index in [0.29, 0.717) is 13.0 Å². The number of nitrogens with zero attached hydrogens (tertiary/aromatic N) is 2. The first-order valence-electron chi connectivity index (χ1n) is 6.33. The predicted molar refractivity (Wildman–Crippen MR) is 70.3 cm³/mol. The second kappa shape index (κ2) is 5.45. The highest BCUT2D eigenvalue weighted by Crippen LogP contribution is 2.33. The zero-order chi connectivity index (χ0) is 14.9. The average molecular weight is 302 g/mol. The Hall–Kier alpha value is -1.54. The van der Waals surface area contributed by atoms with E-state index in [2.05, 4.69) is 0 Å². The van der Waals surface area contributed by atoms with Crippen LogP contribution in [0.1, 0.15) is 26.2 Å². The fraction of sp³-hybridized carbons (Fsp3) is 0.500. The van der Waals surface area contributed by atoms with Crippen molar-refractivity contribution < 1.29 is 17.7 Å². The van der Waals surface area contributed by atoms with Crippen LogP contribution < -0.4 is 0 Å². The maximum absolute atomic E-state index is 13.6. The van der Waals surface area contributed by atoms with Crippen LogP contribution in [0.4, 0.5) is 10.1 Å². The summed E-state index contributed by atoms with van der Waals surface area (Å²) in [6, 6.07) is 2.66. The van der Waals surface area contributed by atoms with Crippen LogP contribution in [0.15, 0.2) is 23.1 Å². The van der Waals surface area contributed by atoms with Crippen molar-refractivity contribution >= 4 is 15.7 Å². The van der Waals surface area contributed by atoms with Gasteiger partial charge in [0.1, 0.15) is 0 Å². The molecule has 0 aliphatic heterocycles. The highest BCUT2D eigenvalue weighted by Gasteiger charge is 2.37. The van der Waals surface area contributed by atoms with Gasteiger partial charge in [-0.1, -0.05) is 6.92 Å². The van der Waals surface area contributed by atoms with Crippen molar-refractivity contribution in [2.45, 2.75) is 37.1 Å². The Bertz CT molecular complexity index is 628. The third-order valence-corrected chi connectivity index (χ3v) is 5.07. The SMILES string of the molecule is CCCN(C1CC1)S(=O)(=O)c1ccc([N+](=O)[O-])c(F)c1. The van der Waals surface area contributed by atoms with Crippen molar-refractivity contribution in [1.29, 1.82) is 0 Å². The van der Waals surface area contributed by atoms with Crippen LogP contribution in [0.5, 0.6) is 0 Å².